The van der Waals surface area contributed by atoms with Crippen LogP contribution in [0.5, 0.6) is 0 Å². The van der Waals surface area contributed by atoms with Crippen molar-refractivity contribution in [3.05, 3.63) is 76.1 Å². The number of carbonyl (C=O) groups is 1. The summed E-state index contributed by atoms with van der Waals surface area (Å²) >= 11 is 5.99. The fourth-order valence-electron chi connectivity index (χ4n) is 5.05. The summed E-state index contributed by atoms with van der Waals surface area (Å²) in [6, 6.07) is 16.2. The maximum Gasteiger partial charge on any atom is 0.226 e. The molecule has 5 rings (SSSR count). The van der Waals surface area contributed by atoms with Gasteiger partial charge in [-0.3, -0.25) is 9.69 Å². The van der Waals surface area contributed by atoms with E-state index in [4.69, 9.17) is 21.0 Å². The zero-order chi connectivity index (χ0) is 22.8. The molecule has 3 aromatic rings. The number of aromatic nitrogens is 1. The van der Waals surface area contributed by atoms with E-state index in [-0.39, 0.29) is 17.9 Å². The maximum absolute atomic E-state index is 13.0. The van der Waals surface area contributed by atoms with Crippen LogP contribution in [0.25, 0.3) is 11.5 Å². The highest BCUT2D eigenvalue weighted by Crippen LogP contribution is 2.31. The molecule has 33 heavy (non-hydrogen) atoms. The van der Waals surface area contributed by atoms with Crippen molar-refractivity contribution in [1.29, 1.82) is 0 Å². The van der Waals surface area contributed by atoms with Gasteiger partial charge in [0.05, 0.1) is 11.7 Å². The normalized spacial score (nSPS) is 19.3. The number of benzene rings is 2. The van der Waals surface area contributed by atoms with E-state index in [1.807, 2.05) is 31.2 Å². The van der Waals surface area contributed by atoms with Gasteiger partial charge < -0.3 is 9.73 Å². The first-order valence-electron chi connectivity index (χ1n) is 11.9. The van der Waals surface area contributed by atoms with Gasteiger partial charge in [-0.25, -0.2) is 4.98 Å². The molecule has 6 heteroatoms. The Bertz CT molecular complexity index is 1120. The molecule has 1 fully saturated rings. The quantitative estimate of drug-likeness (QED) is 0.526. The van der Waals surface area contributed by atoms with Crippen molar-refractivity contribution in [1.82, 2.24) is 15.2 Å². The second kappa shape index (κ2) is 9.70. The molecule has 2 aromatic carbocycles. The Kier molecular flexibility index (Phi) is 6.52. The highest BCUT2D eigenvalue weighted by molar-refractivity contribution is 6.30. The molecule has 2 aliphatic rings. The monoisotopic (exact) mass is 463 g/mol. The summed E-state index contributed by atoms with van der Waals surface area (Å²) in [5.74, 6) is 1.76. The number of carbonyl (C=O) groups excluding carboxylic acids is 1. The molecule has 1 aliphatic carbocycles. The van der Waals surface area contributed by atoms with Crippen LogP contribution in [-0.4, -0.2) is 28.9 Å². The van der Waals surface area contributed by atoms with Crippen LogP contribution in [0.2, 0.25) is 5.02 Å². The minimum atomic E-state index is 0.0818. The summed E-state index contributed by atoms with van der Waals surface area (Å²) in [7, 11) is 0. The number of rotatable bonds is 5. The van der Waals surface area contributed by atoms with Gasteiger partial charge in [-0.15, -0.1) is 0 Å². The zero-order valence-electron chi connectivity index (χ0n) is 19.0. The number of halogens is 1. The number of nitrogens with one attached hydrogen (secondary N) is 1. The Labute approximate surface area is 200 Å². The summed E-state index contributed by atoms with van der Waals surface area (Å²) in [6.07, 6.45) is 5.03. The first-order valence-corrected chi connectivity index (χ1v) is 12.3. The third-order valence-electron chi connectivity index (χ3n) is 7.00. The lowest BCUT2D eigenvalue weighted by molar-refractivity contribution is -0.127. The van der Waals surface area contributed by atoms with Crippen LogP contribution in [0.15, 0.2) is 52.9 Å². The number of hydrogen-bond donors (Lipinski definition) is 1. The minimum Gasteiger partial charge on any atom is -0.441 e. The first kappa shape index (κ1) is 22.2. The smallest absolute Gasteiger partial charge is 0.226 e. The molecule has 1 aliphatic heterocycles. The van der Waals surface area contributed by atoms with Crippen molar-refractivity contribution in [3.63, 3.8) is 0 Å². The molecule has 0 bridgehead atoms. The Hall–Kier alpha value is -2.63. The Morgan fingerprint density at radius 2 is 1.88 bits per heavy atom. The topological polar surface area (TPSA) is 58.4 Å². The van der Waals surface area contributed by atoms with Crippen molar-refractivity contribution in [2.24, 2.45) is 5.92 Å². The molecule has 0 spiro atoms. The van der Waals surface area contributed by atoms with Crippen LogP contribution in [0, 0.1) is 12.8 Å². The second-order valence-electron chi connectivity index (χ2n) is 9.23. The number of amides is 1. The number of oxazole rings is 1. The summed E-state index contributed by atoms with van der Waals surface area (Å²) in [5, 5.41) is 4.05. The average Bonchev–Trinajstić information content (AvgIpc) is 3.20. The van der Waals surface area contributed by atoms with Crippen LogP contribution < -0.4 is 5.32 Å². The number of aryl methyl sites for hydroxylation is 2. The summed E-state index contributed by atoms with van der Waals surface area (Å²) in [6.45, 7) is 4.49. The summed E-state index contributed by atoms with van der Waals surface area (Å²) in [4.78, 5) is 20.1. The molecule has 1 saturated heterocycles. The predicted octanol–water partition coefficient (Wildman–Crippen LogP) is 5.71. The van der Waals surface area contributed by atoms with Gasteiger partial charge in [0, 0.05) is 23.0 Å². The molecule has 0 saturated carbocycles. The molecule has 1 N–H and O–H groups in total. The van der Waals surface area contributed by atoms with Crippen molar-refractivity contribution in [2.45, 2.75) is 51.6 Å². The van der Waals surface area contributed by atoms with Gasteiger partial charge >= 0.3 is 0 Å². The fraction of sp³-hybridized carbons (Fsp3) is 0.407. The van der Waals surface area contributed by atoms with Crippen LogP contribution >= 0.6 is 11.6 Å². The summed E-state index contributed by atoms with van der Waals surface area (Å²) < 4.78 is 5.91. The number of hydrogen-bond acceptors (Lipinski definition) is 4. The predicted molar refractivity (Wildman–Crippen MR) is 130 cm³/mol. The van der Waals surface area contributed by atoms with E-state index in [9.17, 15) is 4.79 Å². The van der Waals surface area contributed by atoms with E-state index in [1.165, 1.54) is 11.1 Å². The van der Waals surface area contributed by atoms with Gasteiger partial charge in [-0.05, 0) is 87.5 Å². The molecular formula is C27H30ClN3O2. The molecule has 1 atom stereocenters. The molecular weight excluding hydrogens is 434 g/mol. The second-order valence-corrected chi connectivity index (χ2v) is 9.67. The molecule has 172 valence electrons. The third-order valence-corrected chi connectivity index (χ3v) is 7.25. The van der Waals surface area contributed by atoms with Crippen LogP contribution in [0.1, 0.15) is 54.3 Å². The van der Waals surface area contributed by atoms with Gasteiger partial charge in [-0.2, -0.15) is 0 Å². The van der Waals surface area contributed by atoms with Gasteiger partial charge in [0.25, 0.3) is 0 Å². The Balaban J connectivity index is 1.16. The lowest BCUT2D eigenvalue weighted by Crippen LogP contribution is -2.42. The van der Waals surface area contributed by atoms with E-state index < -0.39 is 0 Å². The van der Waals surface area contributed by atoms with Crippen LogP contribution in [-0.2, 0) is 17.8 Å². The Morgan fingerprint density at radius 1 is 1.12 bits per heavy atom. The van der Waals surface area contributed by atoms with Gasteiger partial charge in [0.1, 0.15) is 5.76 Å². The number of likely N-dealkylation sites (tertiary alicyclic amines) is 1. The Morgan fingerprint density at radius 3 is 2.67 bits per heavy atom. The number of piperidine rings is 1. The zero-order valence-corrected chi connectivity index (χ0v) is 19.8. The molecule has 5 nitrogen and oxygen atoms in total. The minimum absolute atomic E-state index is 0.0818. The van der Waals surface area contributed by atoms with E-state index in [0.29, 0.717) is 10.9 Å². The highest BCUT2D eigenvalue weighted by Gasteiger charge is 2.29. The molecule has 1 aromatic heterocycles. The molecule has 2 heterocycles. The van der Waals surface area contributed by atoms with E-state index >= 15 is 0 Å². The highest BCUT2D eigenvalue weighted by atomic mass is 35.5. The molecule has 1 unspecified atom stereocenters. The van der Waals surface area contributed by atoms with E-state index in [2.05, 4.69) is 34.5 Å². The molecule has 0 radical (unpaired) electrons. The van der Waals surface area contributed by atoms with Crippen molar-refractivity contribution < 1.29 is 9.21 Å². The van der Waals surface area contributed by atoms with Crippen molar-refractivity contribution in [2.75, 3.05) is 13.1 Å². The third kappa shape index (κ3) is 4.99. The number of fused-ring (bicyclic) bond motifs is 1. The SMILES string of the molecule is Cc1oc(-c2ccc(Cl)cc2)nc1CN1CCC(C(=O)NC2CCCc3ccccc32)CC1. The fourth-order valence-corrected chi connectivity index (χ4v) is 5.18. The lowest BCUT2D eigenvalue weighted by atomic mass is 9.87. The lowest BCUT2D eigenvalue weighted by Gasteiger charge is -2.33. The van der Waals surface area contributed by atoms with Crippen LogP contribution in [0.3, 0.4) is 0 Å². The van der Waals surface area contributed by atoms with E-state index in [1.54, 1.807) is 0 Å². The standard InChI is InChI=1S/C27H30ClN3O2/c1-18-25(30-27(33-18)21-9-11-22(28)12-10-21)17-31-15-13-20(14-16-31)26(32)29-24-8-4-6-19-5-2-3-7-23(19)24/h2-3,5,7,9-12,20,24H,4,6,8,13-17H2,1H3,(H,29,32). The van der Waals surface area contributed by atoms with Crippen molar-refractivity contribution in [3.8, 4) is 11.5 Å². The van der Waals surface area contributed by atoms with E-state index in [0.717, 1.165) is 68.8 Å². The van der Waals surface area contributed by atoms with Gasteiger partial charge in [0.2, 0.25) is 11.8 Å². The summed E-state index contributed by atoms with van der Waals surface area (Å²) in [5.41, 5.74) is 4.56. The first-order chi connectivity index (χ1) is 16.1. The van der Waals surface area contributed by atoms with Gasteiger partial charge in [-0.1, -0.05) is 35.9 Å². The largest absolute Gasteiger partial charge is 0.441 e. The van der Waals surface area contributed by atoms with Crippen molar-refractivity contribution >= 4 is 17.5 Å². The molecule has 1 amide bonds. The van der Waals surface area contributed by atoms with Gasteiger partial charge in [0.15, 0.2) is 0 Å². The maximum atomic E-state index is 13.0. The van der Waals surface area contributed by atoms with Crippen LogP contribution in [0.4, 0.5) is 0 Å². The average molecular weight is 464 g/mol. The number of nitrogens with zero attached hydrogens (tertiary/aromatic N) is 2.